The molecule has 1 aliphatic heterocycles. The number of benzene rings is 1. The molecule has 1 aromatic rings. The average Bonchev–Trinajstić information content (AvgIpc) is 2.38. The molecule has 0 unspecified atom stereocenters. The van der Waals surface area contributed by atoms with Crippen LogP contribution in [-0.4, -0.2) is 50.8 Å². The highest BCUT2D eigenvalue weighted by atomic mass is 35.5. The molecule has 0 radical (unpaired) electrons. The topological polar surface area (TPSA) is 64.4 Å². The van der Waals surface area contributed by atoms with Crippen molar-refractivity contribution in [3.05, 3.63) is 28.8 Å². The predicted molar refractivity (Wildman–Crippen MR) is 72.4 cm³/mol. The number of hydrogen-bond acceptors (Lipinski definition) is 4. The van der Waals surface area contributed by atoms with Gasteiger partial charge in [-0.2, -0.15) is 9.57 Å². The van der Waals surface area contributed by atoms with Crippen LogP contribution in [0.1, 0.15) is 5.56 Å². The smallest absolute Gasteiger partial charge is 0.244 e. The zero-order chi connectivity index (χ0) is 14.0. The Kier molecular flexibility index (Phi) is 4.11. The molecule has 19 heavy (non-hydrogen) atoms. The quantitative estimate of drug-likeness (QED) is 0.822. The van der Waals surface area contributed by atoms with E-state index in [1.807, 2.05) is 13.1 Å². The number of likely N-dealkylation sites (N-methyl/N-ethyl adjacent to an activating group) is 1. The zero-order valence-electron chi connectivity index (χ0n) is 10.5. The minimum Gasteiger partial charge on any atom is -0.304 e. The van der Waals surface area contributed by atoms with Crippen molar-refractivity contribution in [1.82, 2.24) is 9.21 Å². The lowest BCUT2D eigenvalue weighted by atomic mass is 10.2. The molecule has 0 aliphatic carbocycles. The third kappa shape index (κ3) is 2.90. The number of sulfonamides is 1. The highest BCUT2D eigenvalue weighted by molar-refractivity contribution is 7.89. The maximum absolute atomic E-state index is 12.5. The first kappa shape index (κ1) is 14.3. The zero-order valence-corrected chi connectivity index (χ0v) is 12.1. The lowest BCUT2D eigenvalue weighted by Gasteiger charge is -2.31. The van der Waals surface area contributed by atoms with Crippen LogP contribution in [-0.2, 0) is 10.0 Å². The molecule has 0 amide bonds. The molecule has 2 rings (SSSR count). The summed E-state index contributed by atoms with van der Waals surface area (Å²) in [4.78, 5) is 2.14. The molecule has 0 atom stereocenters. The van der Waals surface area contributed by atoms with Crippen molar-refractivity contribution in [2.45, 2.75) is 4.90 Å². The Morgan fingerprint density at radius 1 is 1.26 bits per heavy atom. The second-order valence-electron chi connectivity index (χ2n) is 4.46. The molecule has 1 saturated heterocycles. The van der Waals surface area contributed by atoms with Crippen LogP contribution < -0.4 is 0 Å². The minimum atomic E-state index is -3.58. The first-order valence-corrected chi connectivity index (χ1v) is 7.65. The Bertz CT molecular complexity index is 616. The van der Waals surface area contributed by atoms with E-state index in [4.69, 9.17) is 16.9 Å². The molecule has 1 fully saturated rings. The van der Waals surface area contributed by atoms with Crippen molar-refractivity contribution < 1.29 is 8.42 Å². The summed E-state index contributed by atoms with van der Waals surface area (Å²) in [6, 6.07) is 6.18. The van der Waals surface area contributed by atoms with Crippen LogP contribution in [0.25, 0.3) is 0 Å². The molecule has 102 valence electrons. The number of piperazine rings is 1. The molecule has 1 aliphatic rings. The van der Waals surface area contributed by atoms with Gasteiger partial charge in [0.1, 0.15) is 4.90 Å². The number of rotatable bonds is 2. The van der Waals surface area contributed by atoms with Crippen molar-refractivity contribution in [2.75, 3.05) is 33.2 Å². The molecule has 7 heteroatoms. The maximum Gasteiger partial charge on any atom is 0.244 e. The Hall–Kier alpha value is -1.13. The fourth-order valence-electron chi connectivity index (χ4n) is 1.95. The van der Waals surface area contributed by atoms with Gasteiger partial charge in [-0.3, -0.25) is 0 Å². The van der Waals surface area contributed by atoms with Gasteiger partial charge in [0.2, 0.25) is 10.0 Å². The third-order valence-corrected chi connectivity index (χ3v) is 5.52. The van der Waals surface area contributed by atoms with Gasteiger partial charge in [-0.1, -0.05) is 11.6 Å². The van der Waals surface area contributed by atoms with Gasteiger partial charge in [0.25, 0.3) is 0 Å². The Morgan fingerprint density at radius 2 is 1.89 bits per heavy atom. The van der Waals surface area contributed by atoms with Gasteiger partial charge in [0.05, 0.1) is 16.7 Å². The monoisotopic (exact) mass is 299 g/mol. The Morgan fingerprint density at radius 3 is 2.42 bits per heavy atom. The van der Waals surface area contributed by atoms with Gasteiger partial charge in [-0.15, -0.1) is 0 Å². The van der Waals surface area contributed by atoms with Crippen molar-refractivity contribution in [3.8, 4) is 6.07 Å². The van der Waals surface area contributed by atoms with E-state index in [1.54, 1.807) is 0 Å². The minimum absolute atomic E-state index is 0.0673. The highest BCUT2D eigenvalue weighted by Crippen LogP contribution is 2.26. The largest absolute Gasteiger partial charge is 0.304 e. The number of hydrogen-bond donors (Lipinski definition) is 0. The molecule has 1 aromatic carbocycles. The van der Waals surface area contributed by atoms with Crippen molar-refractivity contribution in [3.63, 3.8) is 0 Å². The van der Waals surface area contributed by atoms with Crippen LogP contribution in [0.3, 0.4) is 0 Å². The SMILES string of the molecule is CN1CCN(S(=O)(=O)c2ccc(C#N)cc2Cl)CC1. The Balaban J connectivity index is 2.32. The van der Waals surface area contributed by atoms with E-state index >= 15 is 0 Å². The molecule has 1 heterocycles. The first-order chi connectivity index (χ1) is 8.95. The third-order valence-electron chi connectivity index (χ3n) is 3.14. The van der Waals surface area contributed by atoms with Gasteiger partial charge >= 0.3 is 0 Å². The summed E-state index contributed by atoms with van der Waals surface area (Å²) in [6.07, 6.45) is 0. The molecular formula is C12H14ClN3O2S. The van der Waals surface area contributed by atoms with E-state index in [0.29, 0.717) is 31.7 Å². The molecular weight excluding hydrogens is 286 g/mol. The van der Waals surface area contributed by atoms with E-state index < -0.39 is 10.0 Å². The maximum atomic E-state index is 12.5. The van der Waals surface area contributed by atoms with Crippen LogP contribution in [0.5, 0.6) is 0 Å². The van der Waals surface area contributed by atoms with Gasteiger partial charge in [-0.25, -0.2) is 8.42 Å². The molecule has 0 spiro atoms. The second kappa shape index (κ2) is 5.47. The van der Waals surface area contributed by atoms with E-state index in [2.05, 4.69) is 4.90 Å². The van der Waals surface area contributed by atoms with Gasteiger partial charge < -0.3 is 4.90 Å². The van der Waals surface area contributed by atoms with Crippen LogP contribution in [0.15, 0.2) is 23.1 Å². The van der Waals surface area contributed by atoms with Crippen LogP contribution in [0, 0.1) is 11.3 Å². The van der Waals surface area contributed by atoms with E-state index in [-0.39, 0.29) is 9.92 Å². The predicted octanol–water partition coefficient (Wildman–Crippen LogP) is 1.15. The molecule has 5 nitrogen and oxygen atoms in total. The molecule has 0 aromatic heterocycles. The van der Waals surface area contributed by atoms with E-state index in [9.17, 15) is 8.42 Å². The highest BCUT2D eigenvalue weighted by Gasteiger charge is 2.29. The standard InChI is InChI=1S/C12H14ClN3O2S/c1-15-4-6-16(7-5-15)19(17,18)12-3-2-10(9-14)8-11(12)13/h2-3,8H,4-7H2,1H3. The summed E-state index contributed by atoms with van der Waals surface area (Å²) in [5, 5.41) is 8.85. The van der Waals surface area contributed by atoms with Gasteiger partial charge in [0, 0.05) is 26.2 Å². The lowest BCUT2D eigenvalue weighted by Crippen LogP contribution is -2.47. The lowest BCUT2D eigenvalue weighted by molar-refractivity contribution is 0.222. The molecule has 0 N–H and O–H groups in total. The van der Waals surface area contributed by atoms with E-state index in [0.717, 1.165) is 0 Å². The van der Waals surface area contributed by atoms with Crippen LogP contribution in [0.4, 0.5) is 0 Å². The van der Waals surface area contributed by atoms with Gasteiger partial charge in [0.15, 0.2) is 0 Å². The summed E-state index contributed by atoms with van der Waals surface area (Å²) >= 11 is 5.97. The number of nitriles is 1. The summed E-state index contributed by atoms with van der Waals surface area (Å²) in [7, 11) is -1.62. The van der Waals surface area contributed by atoms with E-state index in [1.165, 1.54) is 22.5 Å². The first-order valence-electron chi connectivity index (χ1n) is 5.83. The van der Waals surface area contributed by atoms with Crippen molar-refractivity contribution in [1.29, 1.82) is 5.26 Å². The molecule has 0 saturated carbocycles. The van der Waals surface area contributed by atoms with Crippen molar-refractivity contribution in [2.24, 2.45) is 0 Å². The van der Waals surface area contributed by atoms with Crippen LogP contribution >= 0.6 is 11.6 Å². The summed E-state index contributed by atoms with van der Waals surface area (Å²) in [6.45, 7) is 2.31. The summed E-state index contributed by atoms with van der Waals surface area (Å²) in [5.41, 5.74) is 0.349. The fraction of sp³-hybridized carbons (Fsp3) is 0.417. The Labute approximate surface area is 118 Å². The summed E-state index contributed by atoms with van der Waals surface area (Å²) in [5.74, 6) is 0. The number of nitrogens with zero attached hydrogens (tertiary/aromatic N) is 3. The number of halogens is 1. The second-order valence-corrected chi connectivity index (χ2v) is 6.78. The normalized spacial score (nSPS) is 18.2. The average molecular weight is 300 g/mol. The fourth-order valence-corrected chi connectivity index (χ4v) is 3.89. The molecule has 0 bridgehead atoms. The van der Waals surface area contributed by atoms with Crippen LogP contribution in [0.2, 0.25) is 5.02 Å². The van der Waals surface area contributed by atoms with Crippen molar-refractivity contribution >= 4 is 21.6 Å². The van der Waals surface area contributed by atoms with Gasteiger partial charge in [-0.05, 0) is 25.2 Å². The summed E-state index contributed by atoms with van der Waals surface area (Å²) < 4.78 is 26.3.